The maximum Gasteiger partial charge on any atom is 0.160 e. The summed E-state index contributed by atoms with van der Waals surface area (Å²) in [5.41, 5.74) is 11.1. The van der Waals surface area contributed by atoms with Crippen molar-refractivity contribution >= 4 is 0 Å². The van der Waals surface area contributed by atoms with Crippen LogP contribution >= 0.6 is 0 Å². The van der Waals surface area contributed by atoms with Crippen LogP contribution in [0, 0.1) is 0 Å². The molecular weight excluding hydrogens is 613 g/mol. The molecule has 6 heteroatoms. The number of hydrogen-bond acceptors (Lipinski definition) is 6. The van der Waals surface area contributed by atoms with Crippen molar-refractivity contribution in [2.45, 2.75) is 52.4 Å². The largest absolute Gasteiger partial charge is 0.255 e. The third-order valence-corrected chi connectivity index (χ3v) is 8.78. The van der Waals surface area contributed by atoms with Gasteiger partial charge in [0.1, 0.15) is 0 Å². The molecule has 0 saturated carbocycles. The van der Waals surface area contributed by atoms with Crippen molar-refractivity contribution in [1.29, 1.82) is 0 Å². The molecule has 7 rings (SSSR count). The van der Waals surface area contributed by atoms with E-state index in [1.807, 2.05) is 66.7 Å². The van der Waals surface area contributed by atoms with E-state index in [9.17, 15) is 0 Å². The highest BCUT2D eigenvalue weighted by atomic mass is 14.9. The van der Waals surface area contributed by atoms with E-state index in [4.69, 9.17) is 19.9 Å². The van der Waals surface area contributed by atoms with Crippen molar-refractivity contribution < 1.29 is 0 Å². The van der Waals surface area contributed by atoms with Gasteiger partial charge in [-0.2, -0.15) is 0 Å². The van der Waals surface area contributed by atoms with Gasteiger partial charge in [-0.1, -0.05) is 120 Å². The molecule has 0 saturated heterocycles. The Hall–Kier alpha value is -5.88. The monoisotopic (exact) mass is 652 g/mol. The van der Waals surface area contributed by atoms with Crippen LogP contribution in [0.2, 0.25) is 0 Å². The normalized spacial score (nSPS) is 11.8. The summed E-state index contributed by atoms with van der Waals surface area (Å²) in [6.07, 6.45) is 3.57. The number of pyridine rings is 2. The lowest BCUT2D eigenvalue weighted by molar-refractivity contribution is 0.590. The quantitative estimate of drug-likeness (QED) is 0.178. The second kappa shape index (κ2) is 13.2. The van der Waals surface area contributed by atoms with Crippen LogP contribution in [0.1, 0.15) is 52.7 Å². The highest BCUT2D eigenvalue weighted by Gasteiger charge is 2.18. The Kier molecular flexibility index (Phi) is 8.62. The van der Waals surface area contributed by atoms with Crippen molar-refractivity contribution in [3.05, 3.63) is 145 Å². The van der Waals surface area contributed by atoms with E-state index in [-0.39, 0.29) is 10.8 Å². The fourth-order valence-electron chi connectivity index (χ4n) is 5.82. The Morgan fingerprint density at radius 3 is 1.10 bits per heavy atom. The molecule has 50 heavy (non-hydrogen) atoms. The average Bonchev–Trinajstić information content (AvgIpc) is 3.14. The summed E-state index contributed by atoms with van der Waals surface area (Å²) in [4.78, 5) is 29.5. The molecule has 0 amide bonds. The number of rotatable bonds is 6. The van der Waals surface area contributed by atoms with Gasteiger partial charge < -0.3 is 0 Å². The van der Waals surface area contributed by atoms with E-state index < -0.39 is 0 Å². The highest BCUT2D eigenvalue weighted by molar-refractivity contribution is 5.75. The van der Waals surface area contributed by atoms with E-state index >= 15 is 0 Å². The Morgan fingerprint density at radius 2 is 0.740 bits per heavy atom. The maximum atomic E-state index is 5.09. The molecule has 4 heterocycles. The van der Waals surface area contributed by atoms with Gasteiger partial charge in [-0.05, 0) is 64.4 Å². The van der Waals surface area contributed by atoms with Gasteiger partial charge in [-0.25, -0.2) is 19.9 Å². The summed E-state index contributed by atoms with van der Waals surface area (Å²) in [5, 5.41) is 0. The van der Waals surface area contributed by atoms with Crippen molar-refractivity contribution in [1.82, 2.24) is 29.9 Å². The third kappa shape index (κ3) is 7.10. The topological polar surface area (TPSA) is 77.3 Å². The Morgan fingerprint density at radius 1 is 0.340 bits per heavy atom. The van der Waals surface area contributed by atoms with E-state index in [0.29, 0.717) is 11.6 Å². The van der Waals surface area contributed by atoms with Gasteiger partial charge in [0, 0.05) is 34.6 Å². The minimum Gasteiger partial charge on any atom is -0.255 e. The fourth-order valence-corrected chi connectivity index (χ4v) is 5.82. The smallest absolute Gasteiger partial charge is 0.160 e. The first-order valence-corrected chi connectivity index (χ1v) is 16.9. The molecule has 4 aromatic heterocycles. The van der Waals surface area contributed by atoms with Crippen molar-refractivity contribution in [3.63, 3.8) is 0 Å². The van der Waals surface area contributed by atoms with Gasteiger partial charge in [0.2, 0.25) is 0 Å². The van der Waals surface area contributed by atoms with Crippen LogP contribution < -0.4 is 0 Å². The number of benzene rings is 3. The Balaban J connectivity index is 1.34. The van der Waals surface area contributed by atoms with Crippen LogP contribution in [-0.4, -0.2) is 29.9 Å². The maximum absolute atomic E-state index is 5.09. The van der Waals surface area contributed by atoms with Crippen LogP contribution in [-0.2, 0) is 10.8 Å². The summed E-state index contributed by atoms with van der Waals surface area (Å²) in [6, 6.07) is 41.1. The molecular formula is C44H40N6. The molecule has 0 atom stereocenters. The molecule has 0 aliphatic rings. The van der Waals surface area contributed by atoms with Crippen LogP contribution in [0.4, 0.5) is 0 Å². The van der Waals surface area contributed by atoms with E-state index in [1.54, 1.807) is 12.4 Å². The fraction of sp³-hybridized carbons (Fsp3) is 0.182. The van der Waals surface area contributed by atoms with Gasteiger partial charge in [0.15, 0.2) is 11.6 Å². The molecule has 0 bridgehead atoms. The van der Waals surface area contributed by atoms with Gasteiger partial charge in [-0.15, -0.1) is 0 Å². The second-order valence-electron chi connectivity index (χ2n) is 14.6. The SMILES string of the molecule is CC(C)(C)c1ccc(-c2cc(-c3ccccn3)nc(-c3cccc(-c4nc(-c5ccc(C(C)(C)C)cc5)cc(-c5ccccn5)n4)c3)n2)cc1. The molecule has 0 fully saturated rings. The zero-order valence-electron chi connectivity index (χ0n) is 29.4. The van der Waals surface area contributed by atoms with Gasteiger partial charge >= 0.3 is 0 Å². The van der Waals surface area contributed by atoms with Crippen LogP contribution in [0.15, 0.2) is 134 Å². The summed E-state index contributed by atoms with van der Waals surface area (Å²) < 4.78 is 0. The lowest BCUT2D eigenvalue weighted by Crippen LogP contribution is -2.10. The first-order chi connectivity index (χ1) is 24.0. The Bertz CT molecular complexity index is 2090. The lowest BCUT2D eigenvalue weighted by Gasteiger charge is -2.19. The summed E-state index contributed by atoms with van der Waals surface area (Å²) in [5.74, 6) is 1.20. The van der Waals surface area contributed by atoms with Crippen molar-refractivity contribution in [2.24, 2.45) is 0 Å². The molecule has 0 unspecified atom stereocenters. The van der Waals surface area contributed by atoms with Crippen molar-refractivity contribution in [2.75, 3.05) is 0 Å². The molecule has 0 aliphatic heterocycles. The number of nitrogens with zero attached hydrogens (tertiary/aromatic N) is 6. The van der Waals surface area contributed by atoms with Gasteiger partial charge in [0.25, 0.3) is 0 Å². The first kappa shape index (κ1) is 32.7. The molecule has 0 aliphatic carbocycles. The van der Waals surface area contributed by atoms with E-state index in [1.165, 1.54) is 11.1 Å². The molecule has 0 N–H and O–H groups in total. The van der Waals surface area contributed by atoms with Gasteiger partial charge in [0.05, 0.1) is 34.2 Å². The standard InChI is InChI=1S/C44H40N6/c1-43(2,3)33-20-16-29(17-21-33)37-27-39(35-14-7-9-24-45-35)49-41(47-37)31-12-11-13-32(26-31)42-48-38(28-40(50-42)36-15-8-10-25-46-36)30-18-22-34(23-19-30)44(4,5)6/h7-28H,1-6H3. The minimum atomic E-state index is 0.0562. The predicted molar refractivity (Wildman–Crippen MR) is 203 cm³/mol. The number of hydrogen-bond donors (Lipinski definition) is 0. The molecule has 0 radical (unpaired) electrons. The van der Waals surface area contributed by atoms with Crippen LogP contribution in [0.25, 0.3) is 68.1 Å². The molecule has 0 spiro atoms. The lowest BCUT2D eigenvalue weighted by atomic mass is 9.86. The van der Waals surface area contributed by atoms with Crippen molar-refractivity contribution in [3.8, 4) is 68.1 Å². The molecule has 3 aromatic carbocycles. The minimum absolute atomic E-state index is 0.0562. The molecule has 246 valence electrons. The average molecular weight is 653 g/mol. The van der Waals surface area contributed by atoms with Crippen LogP contribution in [0.5, 0.6) is 0 Å². The Labute approximate surface area is 294 Å². The molecule has 6 nitrogen and oxygen atoms in total. The van der Waals surface area contributed by atoms with E-state index in [2.05, 4.69) is 106 Å². The van der Waals surface area contributed by atoms with E-state index in [0.717, 1.165) is 56.4 Å². The third-order valence-electron chi connectivity index (χ3n) is 8.78. The zero-order chi connectivity index (χ0) is 34.9. The first-order valence-electron chi connectivity index (χ1n) is 16.9. The number of aromatic nitrogens is 6. The second-order valence-corrected chi connectivity index (χ2v) is 14.6. The predicted octanol–water partition coefficient (Wildman–Crippen LogP) is 10.7. The highest BCUT2D eigenvalue weighted by Crippen LogP contribution is 2.33. The summed E-state index contributed by atoms with van der Waals surface area (Å²) in [7, 11) is 0. The van der Waals surface area contributed by atoms with Crippen LogP contribution in [0.3, 0.4) is 0 Å². The zero-order valence-corrected chi connectivity index (χ0v) is 29.4. The van der Waals surface area contributed by atoms with Gasteiger partial charge in [-0.3, -0.25) is 9.97 Å². The summed E-state index contributed by atoms with van der Waals surface area (Å²) >= 11 is 0. The molecule has 7 aromatic rings. The summed E-state index contributed by atoms with van der Waals surface area (Å²) in [6.45, 7) is 13.3.